The largest absolute Gasteiger partial charge is 0.492 e. The van der Waals surface area contributed by atoms with Crippen molar-refractivity contribution in [2.45, 2.75) is 19.8 Å². The van der Waals surface area contributed by atoms with Gasteiger partial charge in [0.2, 0.25) is 0 Å². The molecule has 0 aliphatic heterocycles. The number of hydrazine groups is 1. The summed E-state index contributed by atoms with van der Waals surface area (Å²) in [6.45, 7) is 2.49. The highest BCUT2D eigenvalue weighted by Crippen LogP contribution is 2.26. The van der Waals surface area contributed by atoms with Gasteiger partial charge < -0.3 is 9.47 Å². The summed E-state index contributed by atoms with van der Waals surface area (Å²) in [6, 6.07) is 18.5. The predicted octanol–water partition coefficient (Wildman–Crippen LogP) is 4.62. The van der Waals surface area contributed by atoms with E-state index >= 15 is 0 Å². The first-order chi connectivity index (χ1) is 14.6. The van der Waals surface area contributed by atoms with Gasteiger partial charge in [-0.3, -0.25) is 20.4 Å². The van der Waals surface area contributed by atoms with Gasteiger partial charge in [0, 0.05) is 5.56 Å². The lowest BCUT2D eigenvalue weighted by molar-refractivity contribution is -0.123. The van der Waals surface area contributed by atoms with E-state index in [0.29, 0.717) is 28.1 Å². The van der Waals surface area contributed by atoms with E-state index in [1.165, 1.54) is 0 Å². The lowest BCUT2D eigenvalue weighted by Crippen LogP contribution is -2.43. The molecule has 3 rings (SSSR count). The van der Waals surface area contributed by atoms with Gasteiger partial charge in [-0.2, -0.15) is 0 Å². The fraction of sp³-hybridized carbons (Fsp3) is 0.217. The molecule has 0 saturated heterocycles. The Morgan fingerprint density at radius 1 is 0.933 bits per heavy atom. The highest BCUT2D eigenvalue weighted by molar-refractivity contribution is 9.10. The van der Waals surface area contributed by atoms with Gasteiger partial charge in [-0.15, -0.1) is 0 Å². The van der Waals surface area contributed by atoms with E-state index in [4.69, 9.17) is 9.47 Å². The van der Waals surface area contributed by atoms with Crippen LogP contribution in [0.1, 0.15) is 30.1 Å². The van der Waals surface area contributed by atoms with Crippen LogP contribution in [0.4, 0.5) is 0 Å². The maximum absolute atomic E-state index is 12.3. The van der Waals surface area contributed by atoms with Crippen LogP contribution in [0.5, 0.6) is 11.5 Å². The average molecular weight is 471 g/mol. The average Bonchev–Trinajstić information content (AvgIpc) is 2.77. The predicted molar refractivity (Wildman–Crippen MR) is 120 cm³/mol. The van der Waals surface area contributed by atoms with E-state index in [0.717, 1.165) is 23.6 Å². The maximum atomic E-state index is 12.3. The molecule has 0 radical (unpaired) electrons. The van der Waals surface area contributed by atoms with Gasteiger partial charge in [-0.05, 0) is 63.5 Å². The summed E-state index contributed by atoms with van der Waals surface area (Å²) in [5.74, 6) is 0.357. The number of hydrogen-bond donors (Lipinski definition) is 2. The van der Waals surface area contributed by atoms with Crippen molar-refractivity contribution in [3.05, 3.63) is 70.7 Å². The van der Waals surface area contributed by atoms with Gasteiger partial charge in [0.05, 0.1) is 11.1 Å². The minimum absolute atomic E-state index is 0.216. The normalized spacial score (nSPS) is 10.5. The van der Waals surface area contributed by atoms with E-state index < -0.39 is 11.8 Å². The van der Waals surface area contributed by atoms with Crippen molar-refractivity contribution in [1.29, 1.82) is 0 Å². The minimum atomic E-state index is -0.463. The molecule has 0 aromatic heterocycles. The van der Waals surface area contributed by atoms with E-state index in [-0.39, 0.29) is 6.61 Å². The van der Waals surface area contributed by atoms with Crippen LogP contribution in [0.25, 0.3) is 10.8 Å². The minimum Gasteiger partial charge on any atom is -0.492 e. The maximum Gasteiger partial charge on any atom is 0.276 e. The molecule has 30 heavy (non-hydrogen) atoms. The van der Waals surface area contributed by atoms with Crippen molar-refractivity contribution in [3.8, 4) is 11.5 Å². The summed E-state index contributed by atoms with van der Waals surface area (Å²) in [5.41, 5.74) is 5.13. The molecule has 0 heterocycles. The molecule has 0 aliphatic rings. The van der Waals surface area contributed by atoms with Gasteiger partial charge in [0.1, 0.15) is 11.5 Å². The zero-order chi connectivity index (χ0) is 21.3. The van der Waals surface area contributed by atoms with E-state index in [2.05, 4.69) is 33.7 Å². The van der Waals surface area contributed by atoms with Crippen LogP contribution in [0.2, 0.25) is 0 Å². The number of ether oxygens (including phenoxy) is 2. The first-order valence-electron chi connectivity index (χ1n) is 9.70. The number of amides is 2. The zero-order valence-electron chi connectivity index (χ0n) is 16.6. The molecule has 0 fully saturated rings. The smallest absolute Gasteiger partial charge is 0.276 e. The quantitative estimate of drug-likeness (QED) is 0.371. The molecule has 0 bridgehead atoms. The number of unbranched alkanes of at least 4 members (excludes halogenated alkanes) is 1. The standard InChI is InChI=1S/C23H23BrN2O4/c1-2-3-12-29-21-11-9-18(14-20(21)24)23(28)26-25-22(27)15-30-19-10-8-16-6-4-5-7-17(16)13-19/h4-11,13-14H,2-3,12,15H2,1H3,(H,25,27)(H,26,28). The highest BCUT2D eigenvalue weighted by Gasteiger charge is 2.11. The van der Waals surface area contributed by atoms with Crippen molar-refractivity contribution in [2.75, 3.05) is 13.2 Å². The van der Waals surface area contributed by atoms with Crippen molar-refractivity contribution < 1.29 is 19.1 Å². The molecule has 3 aromatic rings. The lowest BCUT2D eigenvalue weighted by atomic mass is 10.1. The fourth-order valence-corrected chi connectivity index (χ4v) is 3.22. The summed E-state index contributed by atoms with van der Waals surface area (Å²) in [6.07, 6.45) is 2.00. The SMILES string of the molecule is CCCCOc1ccc(C(=O)NNC(=O)COc2ccc3ccccc3c2)cc1Br. The summed E-state index contributed by atoms with van der Waals surface area (Å²) < 4.78 is 11.8. The molecular formula is C23H23BrN2O4. The topological polar surface area (TPSA) is 76.7 Å². The molecule has 0 aliphatic carbocycles. The lowest BCUT2D eigenvalue weighted by Gasteiger charge is -2.11. The number of hydrogen-bond acceptors (Lipinski definition) is 4. The Labute approximate surface area is 183 Å². The first kappa shape index (κ1) is 21.6. The fourth-order valence-electron chi connectivity index (χ4n) is 2.73. The van der Waals surface area contributed by atoms with Crippen LogP contribution in [-0.2, 0) is 4.79 Å². The van der Waals surface area contributed by atoms with Crippen molar-refractivity contribution in [1.82, 2.24) is 10.9 Å². The second-order valence-electron chi connectivity index (χ2n) is 6.65. The Balaban J connectivity index is 1.47. The van der Waals surface area contributed by atoms with E-state index in [9.17, 15) is 9.59 Å². The number of fused-ring (bicyclic) bond motifs is 1. The van der Waals surface area contributed by atoms with Crippen molar-refractivity contribution in [3.63, 3.8) is 0 Å². The molecule has 2 amide bonds. The molecule has 0 atom stereocenters. The van der Waals surface area contributed by atoms with Crippen LogP contribution in [0, 0.1) is 0 Å². The number of nitrogens with one attached hydrogen (secondary N) is 2. The molecule has 6 nitrogen and oxygen atoms in total. The van der Waals surface area contributed by atoms with Gasteiger partial charge in [0.25, 0.3) is 11.8 Å². The number of rotatable bonds is 8. The summed E-state index contributed by atoms with van der Waals surface area (Å²) in [7, 11) is 0. The summed E-state index contributed by atoms with van der Waals surface area (Å²) >= 11 is 3.40. The molecule has 0 spiro atoms. The third-order valence-corrected chi connectivity index (χ3v) is 4.98. The van der Waals surface area contributed by atoms with E-state index in [1.54, 1.807) is 24.3 Å². The molecule has 7 heteroatoms. The van der Waals surface area contributed by atoms with Gasteiger partial charge in [-0.25, -0.2) is 0 Å². The Hall–Kier alpha value is -3.06. The Bertz CT molecular complexity index is 1040. The zero-order valence-corrected chi connectivity index (χ0v) is 18.2. The Morgan fingerprint density at radius 2 is 1.73 bits per heavy atom. The second kappa shape index (κ2) is 10.6. The Morgan fingerprint density at radius 3 is 2.50 bits per heavy atom. The molecule has 3 aromatic carbocycles. The number of carbonyl (C=O) groups excluding carboxylic acids is 2. The van der Waals surface area contributed by atoms with Crippen LogP contribution < -0.4 is 20.3 Å². The van der Waals surface area contributed by atoms with Crippen molar-refractivity contribution in [2.24, 2.45) is 0 Å². The van der Waals surface area contributed by atoms with Gasteiger partial charge in [-0.1, -0.05) is 43.7 Å². The molecule has 0 saturated carbocycles. The van der Waals surface area contributed by atoms with E-state index in [1.807, 2.05) is 36.4 Å². The number of halogens is 1. The van der Waals surface area contributed by atoms with Crippen LogP contribution in [0.15, 0.2) is 65.1 Å². The Kier molecular flexibility index (Phi) is 7.68. The molecule has 0 unspecified atom stereocenters. The third-order valence-electron chi connectivity index (χ3n) is 4.36. The number of benzene rings is 3. The monoisotopic (exact) mass is 470 g/mol. The van der Waals surface area contributed by atoms with Gasteiger partial charge in [0.15, 0.2) is 6.61 Å². The molecule has 156 valence electrons. The third kappa shape index (κ3) is 5.97. The number of carbonyl (C=O) groups is 2. The highest BCUT2D eigenvalue weighted by atomic mass is 79.9. The van der Waals surface area contributed by atoms with Gasteiger partial charge >= 0.3 is 0 Å². The summed E-state index contributed by atoms with van der Waals surface area (Å²) in [5, 5.41) is 2.12. The summed E-state index contributed by atoms with van der Waals surface area (Å²) in [4.78, 5) is 24.3. The second-order valence-corrected chi connectivity index (χ2v) is 7.50. The van der Waals surface area contributed by atoms with Crippen LogP contribution >= 0.6 is 15.9 Å². The first-order valence-corrected chi connectivity index (χ1v) is 10.5. The van der Waals surface area contributed by atoms with Crippen molar-refractivity contribution >= 4 is 38.5 Å². The molecule has 2 N–H and O–H groups in total. The molecular weight excluding hydrogens is 448 g/mol. The van der Waals surface area contributed by atoms with Crippen LogP contribution in [0.3, 0.4) is 0 Å². The van der Waals surface area contributed by atoms with Crippen LogP contribution in [-0.4, -0.2) is 25.0 Å².